The van der Waals surface area contributed by atoms with Crippen LogP contribution in [0, 0.1) is 0 Å². The van der Waals surface area contributed by atoms with E-state index in [-0.39, 0.29) is 12.4 Å². The zero-order valence-electron chi connectivity index (χ0n) is 14.3. The molecule has 2 aromatic carbocycles. The molecule has 5 nitrogen and oxygen atoms in total. The number of hydrogen-bond donors (Lipinski definition) is 1. The number of halogens is 1. The fourth-order valence-corrected chi connectivity index (χ4v) is 2.26. The highest BCUT2D eigenvalue weighted by Gasteiger charge is 2.11. The summed E-state index contributed by atoms with van der Waals surface area (Å²) in [5.74, 6) is 2.12. The maximum Gasteiger partial charge on any atom is 0.257 e. The van der Waals surface area contributed by atoms with Crippen LogP contribution in [0.3, 0.4) is 0 Å². The van der Waals surface area contributed by atoms with Gasteiger partial charge in [-0.15, -0.1) is 12.4 Å². The van der Waals surface area contributed by atoms with Crippen LogP contribution >= 0.6 is 12.4 Å². The molecule has 25 heavy (non-hydrogen) atoms. The SMILES string of the molecule is CNC(C)Cc1noc(-c2ccc(COc3ccccc3)cc2)n1.Cl. The molecule has 1 unspecified atom stereocenters. The van der Waals surface area contributed by atoms with Gasteiger partial charge < -0.3 is 14.6 Å². The van der Waals surface area contributed by atoms with Gasteiger partial charge in [-0.05, 0) is 43.8 Å². The molecule has 0 saturated carbocycles. The first-order valence-corrected chi connectivity index (χ1v) is 8.01. The Morgan fingerprint density at radius 1 is 1.08 bits per heavy atom. The van der Waals surface area contributed by atoms with Crippen LogP contribution in [0.5, 0.6) is 5.75 Å². The first-order valence-electron chi connectivity index (χ1n) is 8.01. The zero-order chi connectivity index (χ0) is 16.8. The second-order valence-corrected chi connectivity index (χ2v) is 5.71. The van der Waals surface area contributed by atoms with E-state index < -0.39 is 0 Å². The summed E-state index contributed by atoms with van der Waals surface area (Å²) in [5, 5.41) is 7.19. The number of nitrogens with one attached hydrogen (secondary N) is 1. The van der Waals surface area contributed by atoms with Gasteiger partial charge in [0.2, 0.25) is 0 Å². The Balaban J connectivity index is 0.00000225. The van der Waals surface area contributed by atoms with E-state index in [9.17, 15) is 0 Å². The number of aromatic nitrogens is 2. The Kier molecular flexibility index (Phi) is 6.98. The molecular weight excluding hydrogens is 338 g/mol. The molecule has 0 amide bonds. The number of ether oxygens (including phenoxy) is 1. The molecular formula is C19H22ClN3O2. The maximum atomic E-state index is 5.74. The predicted octanol–water partition coefficient (Wildman–Crippen LogP) is 3.89. The van der Waals surface area contributed by atoms with Crippen LogP contribution in [0.4, 0.5) is 0 Å². The van der Waals surface area contributed by atoms with E-state index >= 15 is 0 Å². The van der Waals surface area contributed by atoms with Gasteiger partial charge in [0.25, 0.3) is 5.89 Å². The van der Waals surface area contributed by atoms with Gasteiger partial charge in [-0.1, -0.05) is 35.5 Å². The van der Waals surface area contributed by atoms with Gasteiger partial charge in [-0.3, -0.25) is 0 Å². The first kappa shape index (κ1) is 19.0. The van der Waals surface area contributed by atoms with Crippen molar-refractivity contribution in [2.24, 2.45) is 0 Å². The molecule has 3 aromatic rings. The summed E-state index contributed by atoms with van der Waals surface area (Å²) in [4.78, 5) is 4.44. The summed E-state index contributed by atoms with van der Waals surface area (Å²) in [6.45, 7) is 2.61. The van der Waals surface area contributed by atoms with Crippen LogP contribution < -0.4 is 10.1 Å². The monoisotopic (exact) mass is 359 g/mol. The molecule has 0 saturated heterocycles. The van der Waals surface area contributed by atoms with Crippen molar-refractivity contribution in [3.05, 3.63) is 66.0 Å². The van der Waals surface area contributed by atoms with E-state index in [0.29, 0.717) is 24.4 Å². The average molecular weight is 360 g/mol. The van der Waals surface area contributed by atoms with Crippen molar-refractivity contribution in [2.75, 3.05) is 7.05 Å². The fraction of sp³-hybridized carbons (Fsp3) is 0.263. The quantitative estimate of drug-likeness (QED) is 0.693. The Bertz CT molecular complexity index is 760. The summed E-state index contributed by atoms with van der Waals surface area (Å²) in [5.41, 5.74) is 2.00. The molecule has 0 radical (unpaired) electrons. The number of hydrogen-bond acceptors (Lipinski definition) is 5. The third kappa shape index (κ3) is 5.31. The van der Waals surface area contributed by atoms with Gasteiger partial charge in [-0.2, -0.15) is 4.98 Å². The lowest BCUT2D eigenvalue weighted by molar-refractivity contribution is 0.306. The molecule has 0 aliphatic rings. The molecule has 0 aliphatic carbocycles. The highest BCUT2D eigenvalue weighted by atomic mass is 35.5. The molecule has 0 spiro atoms. The van der Waals surface area contributed by atoms with E-state index in [0.717, 1.165) is 23.3 Å². The second-order valence-electron chi connectivity index (χ2n) is 5.71. The number of likely N-dealkylation sites (N-methyl/N-ethyl adjacent to an activating group) is 1. The summed E-state index contributed by atoms with van der Waals surface area (Å²) < 4.78 is 11.1. The van der Waals surface area contributed by atoms with E-state index in [1.54, 1.807) is 0 Å². The molecule has 6 heteroatoms. The second kappa shape index (κ2) is 9.20. The minimum Gasteiger partial charge on any atom is -0.489 e. The van der Waals surface area contributed by atoms with Crippen molar-refractivity contribution >= 4 is 12.4 Å². The summed E-state index contributed by atoms with van der Waals surface area (Å²) in [6.07, 6.45) is 0.739. The lowest BCUT2D eigenvalue weighted by atomic mass is 10.1. The van der Waals surface area contributed by atoms with Crippen LogP contribution in [0.15, 0.2) is 59.1 Å². The Labute approximate surface area is 153 Å². The summed E-state index contributed by atoms with van der Waals surface area (Å²) in [7, 11) is 1.92. The Morgan fingerprint density at radius 2 is 1.80 bits per heavy atom. The topological polar surface area (TPSA) is 60.2 Å². The molecule has 1 aromatic heterocycles. The van der Waals surface area contributed by atoms with Crippen molar-refractivity contribution in [1.82, 2.24) is 15.5 Å². The molecule has 0 bridgehead atoms. The van der Waals surface area contributed by atoms with Crippen LogP contribution in [0.1, 0.15) is 18.3 Å². The molecule has 1 N–H and O–H groups in total. The van der Waals surface area contributed by atoms with Crippen LogP contribution in [-0.2, 0) is 13.0 Å². The predicted molar refractivity (Wildman–Crippen MR) is 100.0 cm³/mol. The highest BCUT2D eigenvalue weighted by Crippen LogP contribution is 2.19. The zero-order valence-corrected chi connectivity index (χ0v) is 15.1. The normalized spacial score (nSPS) is 11.6. The molecule has 0 fully saturated rings. The fourth-order valence-electron chi connectivity index (χ4n) is 2.26. The van der Waals surface area contributed by atoms with Crippen LogP contribution in [0.2, 0.25) is 0 Å². The average Bonchev–Trinajstić information content (AvgIpc) is 3.09. The molecule has 1 heterocycles. The third-order valence-electron chi connectivity index (χ3n) is 3.80. The highest BCUT2D eigenvalue weighted by molar-refractivity contribution is 5.85. The van der Waals surface area contributed by atoms with Crippen molar-refractivity contribution < 1.29 is 9.26 Å². The van der Waals surface area contributed by atoms with E-state index in [2.05, 4.69) is 22.4 Å². The lowest BCUT2D eigenvalue weighted by Crippen LogP contribution is -2.24. The minimum absolute atomic E-state index is 0. The minimum atomic E-state index is 0. The lowest BCUT2D eigenvalue weighted by Gasteiger charge is -2.06. The third-order valence-corrected chi connectivity index (χ3v) is 3.80. The first-order chi connectivity index (χ1) is 11.7. The smallest absolute Gasteiger partial charge is 0.257 e. The number of para-hydroxylation sites is 1. The van der Waals surface area contributed by atoms with Crippen molar-refractivity contribution in [1.29, 1.82) is 0 Å². The number of nitrogens with zero attached hydrogens (tertiary/aromatic N) is 2. The van der Waals surface area contributed by atoms with E-state index in [1.165, 1.54) is 0 Å². The van der Waals surface area contributed by atoms with Gasteiger partial charge in [0.15, 0.2) is 5.82 Å². The standard InChI is InChI=1S/C19H21N3O2.ClH/c1-14(20-2)12-18-21-19(24-22-18)16-10-8-15(9-11-16)13-23-17-6-4-3-5-7-17;/h3-11,14,20H,12-13H2,1-2H3;1H. The molecule has 1 atom stereocenters. The number of rotatable bonds is 7. The molecule has 0 aliphatic heterocycles. The van der Waals surface area contributed by atoms with Gasteiger partial charge in [0, 0.05) is 18.0 Å². The Morgan fingerprint density at radius 3 is 2.48 bits per heavy atom. The van der Waals surface area contributed by atoms with Crippen molar-refractivity contribution in [2.45, 2.75) is 26.0 Å². The van der Waals surface area contributed by atoms with Gasteiger partial charge >= 0.3 is 0 Å². The van der Waals surface area contributed by atoms with Gasteiger partial charge in [0.05, 0.1) is 0 Å². The maximum absolute atomic E-state index is 5.74. The van der Waals surface area contributed by atoms with E-state index in [1.807, 2.05) is 61.6 Å². The van der Waals surface area contributed by atoms with Crippen molar-refractivity contribution in [3.8, 4) is 17.2 Å². The van der Waals surface area contributed by atoms with Crippen molar-refractivity contribution in [3.63, 3.8) is 0 Å². The summed E-state index contributed by atoms with van der Waals surface area (Å²) in [6, 6.07) is 18.1. The van der Waals surface area contributed by atoms with Gasteiger partial charge in [0.1, 0.15) is 12.4 Å². The van der Waals surface area contributed by atoms with Crippen LogP contribution in [-0.4, -0.2) is 23.2 Å². The van der Waals surface area contributed by atoms with E-state index in [4.69, 9.17) is 9.26 Å². The Hall–Kier alpha value is -2.37. The van der Waals surface area contributed by atoms with Crippen LogP contribution in [0.25, 0.3) is 11.5 Å². The number of benzene rings is 2. The molecule has 132 valence electrons. The molecule has 3 rings (SSSR count). The van der Waals surface area contributed by atoms with Gasteiger partial charge in [-0.25, -0.2) is 0 Å². The summed E-state index contributed by atoms with van der Waals surface area (Å²) >= 11 is 0. The largest absolute Gasteiger partial charge is 0.489 e.